The van der Waals surface area contributed by atoms with E-state index in [-0.39, 0.29) is 0 Å². The molecule has 0 heterocycles. The molecule has 0 saturated heterocycles. The molecule has 0 bridgehead atoms. The van der Waals surface area contributed by atoms with E-state index in [2.05, 4.69) is 12.2 Å². The molecule has 2 N–H and O–H groups in total. The molecule has 0 spiro atoms. The number of carboxylic acid groups (broad SMARTS) is 1. The largest absolute Gasteiger partial charge is 0.496 e. The van der Waals surface area contributed by atoms with Crippen molar-refractivity contribution in [2.75, 3.05) is 13.7 Å². The lowest BCUT2D eigenvalue weighted by molar-refractivity contribution is -0.143. The van der Waals surface area contributed by atoms with E-state index < -0.39 is 11.5 Å². The van der Waals surface area contributed by atoms with Gasteiger partial charge in [0.15, 0.2) is 0 Å². The van der Waals surface area contributed by atoms with Gasteiger partial charge in [0, 0.05) is 6.54 Å². The lowest BCUT2D eigenvalue weighted by Gasteiger charge is -2.21. The zero-order chi connectivity index (χ0) is 14.6. The summed E-state index contributed by atoms with van der Waals surface area (Å²) in [6, 6.07) is 4.00. The van der Waals surface area contributed by atoms with Gasteiger partial charge in [0.2, 0.25) is 0 Å². The summed E-state index contributed by atoms with van der Waals surface area (Å²) in [4.78, 5) is 11.0. The Balaban J connectivity index is 2.70. The third kappa shape index (κ3) is 3.70. The first-order valence-corrected chi connectivity index (χ1v) is 6.41. The van der Waals surface area contributed by atoms with Crippen LogP contribution in [0.25, 0.3) is 0 Å². The van der Waals surface area contributed by atoms with E-state index in [4.69, 9.17) is 9.84 Å². The zero-order valence-corrected chi connectivity index (χ0v) is 12.3. The van der Waals surface area contributed by atoms with Crippen molar-refractivity contribution in [1.29, 1.82) is 0 Å². The predicted molar refractivity (Wildman–Crippen MR) is 75.9 cm³/mol. The van der Waals surface area contributed by atoms with Gasteiger partial charge in [0.05, 0.1) is 7.11 Å². The summed E-state index contributed by atoms with van der Waals surface area (Å²) in [6.45, 7) is 8.07. The van der Waals surface area contributed by atoms with E-state index in [0.29, 0.717) is 6.54 Å². The molecule has 4 heteroatoms. The molecule has 0 radical (unpaired) electrons. The lowest BCUT2D eigenvalue weighted by atomic mass is 9.99. The maximum Gasteiger partial charge on any atom is 0.323 e. The maximum atomic E-state index is 11.0. The van der Waals surface area contributed by atoms with Crippen molar-refractivity contribution in [2.45, 2.75) is 39.7 Å². The number of nitrogens with one attached hydrogen (secondary N) is 1. The standard InChI is InChI=1S/C15H23NO3/c1-10-11(2)13(19-5)7-6-12(10)8-9-16-15(3,4)14(17)18/h6-7,16H,8-9H2,1-5H3,(H,17,18). The molecule has 0 aromatic heterocycles. The number of hydrogen-bond acceptors (Lipinski definition) is 3. The first-order valence-electron chi connectivity index (χ1n) is 6.41. The highest BCUT2D eigenvalue weighted by Crippen LogP contribution is 2.24. The Labute approximate surface area is 114 Å². The SMILES string of the molecule is COc1ccc(CCNC(C)(C)C(=O)O)c(C)c1C. The van der Waals surface area contributed by atoms with Crippen LogP contribution < -0.4 is 10.1 Å². The minimum absolute atomic E-state index is 0.631. The topological polar surface area (TPSA) is 58.6 Å². The number of carboxylic acids is 1. The van der Waals surface area contributed by atoms with Gasteiger partial charge >= 0.3 is 5.97 Å². The van der Waals surface area contributed by atoms with E-state index in [1.165, 1.54) is 11.1 Å². The van der Waals surface area contributed by atoms with Crippen molar-refractivity contribution in [2.24, 2.45) is 0 Å². The van der Waals surface area contributed by atoms with E-state index in [1.807, 2.05) is 19.1 Å². The summed E-state index contributed by atoms with van der Waals surface area (Å²) in [5.74, 6) is 0.0511. The van der Waals surface area contributed by atoms with Crippen molar-refractivity contribution in [3.8, 4) is 5.75 Å². The monoisotopic (exact) mass is 265 g/mol. The molecule has 1 aromatic carbocycles. The van der Waals surface area contributed by atoms with Gasteiger partial charge in [0.25, 0.3) is 0 Å². The van der Waals surface area contributed by atoms with Crippen LogP contribution in [0.3, 0.4) is 0 Å². The first kappa shape index (κ1) is 15.5. The summed E-state index contributed by atoms with van der Waals surface area (Å²) in [7, 11) is 1.67. The van der Waals surface area contributed by atoms with Crippen LogP contribution in [-0.2, 0) is 11.2 Å². The van der Waals surface area contributed by atoms with Crippen LogP contribution in [0.15, 0.2) is 12.1 Å². The van der Waals surface area contributed by atoms with Gasteiger partial charge in [-0.3, -0.25) is 4.79 Å². The molecule has 0 aliphatic rings. The van der Waals surface area contributed by atoms with Gasteiger partial charge < -0.3 is 15.2 Å². The number of methoxy groups -OCH3 is 1. The minimum atomic E-state index is -0.893. The minimum Gasteiger partial charge on any atom is -0.496 e. The van der Waals surface area contributed by atoms with E-state index in [1.54, 1.807) is 21.0 Å². The first-order chi connectivity index (χ1) is 8.79. The molecule has 0 amide bonds. The molecule has 0 aliphatic carbocycles. The number of ether oxygens (including phenoxy) is 1. The van der Waals surface area contributed by atoms with Gasteiger partial charge in [-0.2, -0.15) is 0 Å². The van der Waals surface area contributed by atoms with Crippen LogP contribution in [0.2, 0.25) is 0 Å². The summed E-state index contributed by atoms with van der Waals surface area (Å²) < 4.78 is 5.28. The molecule has 0 fully saturated rings. The lowest BCUT2D eigenvalue weighted by Crippen LogP contribution is -2.47. The summed E-state index contributed by atoms with van der Waals surface area (Å²) in [5.41, 5.74) is 2.66. The highest BCUT2D eigenvalue weighted by atomic mass is 16.5. The molecular formula is C15H23NO3. The number of rotatable bonds is 6. The van der Waals surface area contributed by atoms with Crippen LogP contribution in [0.4, 0.5) is 0 Å². The maximum absolute atomic E-state index is 11.0. The predicted octanol–water partition coefficient (Wildman–Crippen LogP) is 2.31. The zero-order valence-electron chi connectivity index (χ0n) is 12.3. The Morgan fingerprint density at radius 2 is 1.95 bits per heavy atom. The second-order valence-electron chi connectivity index (χ2n) is 5.28. The molecule has 19 heavy (non-hydrogen) atoms. The van der Waals surface area contributed by atoms with Gasteiger partial charge in [-0.15, -0.1) is 0 Å². The molecular weight excluding hydrogens is 242 g/mol. The quantitative estimate of drug-likeness (QED) is 0.828. The number of benzene rings is 1. The number of aliphatic carboxylic acids is 1. The normalized spacial score (nSPS) is 11.4. The third-order valence-corrected chi connectivity index (χ3v) is 3.57. The number of hydrogen-bond donors (Lipinski definition) is 2. The molecule has 0 unspecified atom stereocenters. The van der Waals surface area contributed by atoms with Crippen molar-refractivity contribution in [3.05, 3.63) is 28.8 Å². The van der Waals surface area contributed by atoms with Crippen molar-refractivity contribution in [1.82, 2.24) is 5.32 Å². The summed E-state index contributed by atoms with van der Waals surface area (Å²) in [5, 5.41) is 12.1. The van der Waals surface area contributed by atoms with Crippen molar-refractivity contribution < 1.29 is 14.6 Å². The second kappa shape index (κ2) is 6.06. The van der Waals surface area contributed by atoms with Crippen molar-refractivity contribution >= 4 is 5.97 Å². The van der Waals surface area contributed by atoms with Crippen molar-refractivity contribution in [3.63, 3.8) is 0 Å². The summed E-state index contributed by atoms with van der Waals surface area (Å²) >= 11 is 0. The molecule has 1 aromatic rings. The fourth-order valence-electron chi connectivity index (χ4n) is 1.93. The smallest absolute Gasteiger partial charge is 0.323 e. The van der Waals surface area contributed by atoms with Crippen LogP contribution in [-0.4, -0.2) is 30.3 Å². The van der Waals surface area contributed by atoms with Crippen LogP contribution in [0.1, 0.15) is 30.5 Å². The van der Waals surface area contributed by atoms with Crippen LogP contribution >= 0.6 is 0 Å². The Kier molecular flexibility index (Phi) is 4.95. The van der Waals surface area contributed by atoms with E-state index in [0.717, 1.165) is 17.7 Å². The van der Waals surface area contributed by atoms with Crippen LogP contribution in [0, 0.1) is 13.8 Å². The molecule has 4 nitrogen and oxygen atoms in total. The Hall–Kier alpha value is -1.55. The summed E-state index contributed by atoms with van der Waals surface area (Å²) in [6.07, 6.45) is 0.799. The Morgan fingerprint density at radius 3 is 2.47 bits per heavy atom. The fraction of sp³-hybridized carbons (Fsp3) is 0.533. The van der Waals surface area contributed by atoms with E-state index in [9.17, 15) is 4.79 Å². The number of carbonyl (C=O) groups is 1. The molecule has 1 rings (SSSR count). The van der Waals surface area contributed by atoms with Gasteiger partial charge in [-0.05, 0) is 56.9 Å². The average Bonchev–Trinajstić information content (AvgIpc) is 2.34. The van der Waals surface area contributed by atoms with Gasteiger partial charge in [0.1, 0.15) is 11.3 Å². The third-order valence-electron chi connectivity index (χ3n) is 3.57. The van der Waals surface area contributed by atoms with Gasteiger partial charge in [-0.25, -0.2) is 0 Å². The second-order valence-corrected chi connectivity index (χ2v) is 5.28. The molecule has 0 aliphatic heterocycles. The highest BCUT2D eigenvalue weighted by molar-refractivity contribution is 5.77. The van der Waals surface area contributed by atoms with Gasteiger partial charge in [-0.1, -0.05) is 6.07 Å². The Bertz CT molecular complexity index is 467. The van der Waals surface area contributed by atoms with E-state index >= 15 is 0 Å². The molecule has 0 atom stereocenters. The highest BCUT2D eigenvalue weighted by Gasteiger charge is 2.25. The average molecular weight is 265 g/mol. The molecule has 0 saturated carbocycles. The Morgan fingerprint density at radius 1 is 1.32 bits per heavy atom. The molecule has 106 valence electrons. The van der Waals surface area contributed by atoms with Crippen LogP contribution in [0.5, 0.6) is 5.75 Å². The fourth-order valence-corrected chi connectivity index (χ4v) is 1.93.